The Morgan fingerprint density at radius 1 is 0.840 bits per heavy atom. The van der Waals surface area contributed by atoms with E-state index in [0.29, 0.717) is 23.1 Å². The molecule has 3 rings (SSSR count). The van der Waals surface area contributed by atoms with E-state index in [1.807, 2.05) is 24.3 Å². The van der Waals surface area contributed by atoms with Gasteiger partial charge in [-0.25, -0.2) is 4.98 Å². The molecule has 0 atom stereocenters. The standard InChI is InChI=1S/C18H18N4O3/c1-23-15-8-13(9-16(24-2)18(15)25-3)21-17-11-20-10-14(22-17)12-4-6-19-7-5-12/h4-11H,1-3H3,(H,21,22). The molecule has 0 amide bonds. The topological polar surface area (TPSA) is 78.4 Å². The molecule has 0 saturated carbocycles. The molecule has 0 aliphatic heterocycles. The first kappa shape index (κ1) is 16.5. The Kier molecular flexibility index (Phi) is 4.94. The highest BCUT2D eigenvalue weighted by Crippen LogP contribution is 2.40. The van der Waals surface area contributed by atoms with Crippen LogP contribution in [0.15, 0.2) is 49.1 Å². The van der Waals surface area contributed by atoms with Gasteiger partial charge in [0, 0.05) is 35.8 Å². The summed E-state index contributed by atoms with van der Waals surface area (Å²) in [4.78, 5) is 12.8. The molecule has 0 bridgehead atoms. The highest BCUT2D eigenvalue weighted by atomic mass is 16.5. The van der Waals surface area contributed by atoms with E-state index in [1.165, 1.54) is 0 Å². The van der Waals surface area contributed by atoms with Crippen LogP contribution in [0.2, 0.25) is 0 Å². The van der Waals surface area contributed by atoms with Crippen molar-refractivity contribution in [3.05, 3.63) is 49.1 Å². The number of hydrogen-bond acceptors (Lipinski definition) is 7. The summed E-state index contributed by atoms with van der Waals surface area (Å²) < 4.78 is 16.1. The van der Waals surface area contributed by atoms with Gasteiger partial charge in [0.1, 0.15) is 5.82 Å². The van der Waals surface area contributed by atoms with Crippen LogP contribution in [0.1, 0.15) is 0 Å². The first-order valence-corrected chi connectivity index (χ1v) is 7.54. The van der Waals surface area contributed by atoms with Gasteiger partial charge in [0.25, 0.3) is 0 Å². The minimum absolute atomic E-state index is 0.534. The van der Waals surface area contributed by atoms with Crippen LogP contribution in [0.3, 0.4) is 0 Å². The van der Waals surface area contributed by atoms with Crippen LogP contribution < -0.4 is 19.5 Å². The van der Waals surface area contributed by atoms with Crippen LogP contribution in [0.4, 0.5) is 11.5 Å². The van der Waals surface area contributed by atoms with Gasteiger partial charge in [-0.15, -0.1) is 0 Å². The molecule has 0 aliphatic carbocycles. The molecule has 2 heterocycles. The Hall–Kier alpha value is -3.35. The SMILES string of the molecule is COc1cc(Nc2cncc(-c3ccncc3)n2)cc(OC)c1OC. The van der Waals surface area contributed by atoms with Crippen molar-refractivity contribution >= 4 is 11.5 Å². The Morgan fingerprint density at radius 3 is 2.12 bits per heavy atom. The smallest absolute Gasteiger partial charge is 0.203 e. The fourth-order valence-electron chi connectivity index (χ4n) is 2.39. The lowest BCUT2D eigenvalue weighted by molar-refractivity contribution is 0.324. The molecule has 25 heavy (non-hydrogen) atoms. The van der Waals surface area contributed by atoms with Gasteiger partial charge < -0.3 is 19.5 Å². The van der Waals surface area contributed by atoms with Crippen molar-refractivity contribution < 1.29 is 14.2 Å². The summed E-state index contributed by atoms with van der Waals surface area (Å²) in [5.41, 5.74) is 2.44. The third-order valence-corrected chi connectivity index (χ3v) is 3.55. The summed E-state index contributed by atoms with van der Waals surface area (Å²) in [7, 11) is 4.72. The van der Waals surface area contributed by atoms with E-state index < -0.39 is 0 Å². The number of rotatable bonds is 6. The molecule has 7 nitrogen and oxygen atoms in total. The van der Waals surface area contributed by atoms with Crippen molar-refractivity contribution in [2.75, 3.05) is 26.6 Å². The van der Waals surface area contributed by atoms with E-state index >= 15 is 0 Å². The molecule has 0 aliphatic rings. The lowest BCUT2D eigenvalue weighted by atomic mass is 10.2. The second-order valence-corrected chi connectivity index (χ2v) is 5.06. The maximum Gasteiger partial charge on any atom is 0.203 e. The van der Waals surface area contributed by atoms with Gasteiger partial charge in [-0.05, 0) is 12.1 Å². The van der Waals surface area contributed by atoms with E-state index in [1.54, 1.807) is 46.1 Å². The average molecular weight is 338 g/mol. The maximum absolute atomic E-state index is 5.36. The van der Waals surface area contributed by atoms with Crippen LogP contribution in [0, 0.1) is 0 Å². The maximum atomic E-state index is 5.36. The van der Waals surface area contributed by atoms with Crippen LogP contribution in [-0.4, -0.2) is 36.3 Å². The average Bonchev–Trinajstić information content (AvgIpc) is 2.68. The van der Waals surface area contributed by atoms with Gasteiger partial charge in [0.15, 0.2) is 11.5 Å². The minimum Gasteiger partial charge on any atom is -0.493 e. The second-order valence-electron chi connectivity index (χ2n) is 5.06. The molecular formula is C18H18N4O3. The number of anilines is 2. The Balaban J connectivity index is 1.93. The number of pyridine rings is 1. The van der Waals surface area contributed by atoms with Gasteiger partial charge in [0.05, 0.1) is 39.4 Å². The van der Waals surface area contributed by atoms with E-state index in [2.05, 4.69) is 20.3 Å². The van der Waals surface area contributed by atoms with E-state index in [9.17, 15) is 0 Å². The highest BCUT2D eigenvalue weighted by molar-refractivity contribution is 5.67. The molecule has 128 valence electrons. The Bertz CT molecular complexity index is 831. The largest absolute Gasteiger partial charge is 0.493 e. The molecule has 0 fully saturated rings. The van der Waals surface area contributed by atoms with E-state index in [-0.39, 0.29) is 0 Å². The van der Waals surface area contributed by atoms with Crippen molar-refractivity contribution in [1.29, 1.82) is 0 Å². The normalized spacial score (nSPS) is 10.2. The molecule has 1 N–H and O–H groups in total. The summed E-state index contributed by atoms with van der Waals surface area (Å²) >= 11 is 0. The zero-order valence-corrected chi connectivity index (χ0v) is 14.2. The third-order valence-electron chi connectivity index (χ3n) is 3.55. The molecule has 2 aromatic heterocycles. The van der Waals surface area contributed by atoms with Gasteiger partial charge in [-0.2, -0.15) is 0 Å². The zero-order valence-electron chi connectivity index (χ0n) is 14.2. The predicted molar refractivity (Wildman–Crippen MR) is 94.6 cm³/mol. The number of ether oxygens (including phenoxy) is 3. The molecule has 3 aromatic rings. The number of nitrogens with one attached hydrogen (secondary N) is 1. The first-order chi connectivity index (χ1) is 12.2. The van der Waals surface area contributed by atoms with Crippen molar-refractivity contribution in [2.24, 2.45) is 0 Å². The highest BCUT2D eigenvalue weighted by Gasteiger charge is 2.13. The zero-order chi connectivity index (χ0) is 17.6. The lowest BCUT2D eigenvalue weighted by Crippen LogP contribution is -1.99. The number of benzene rings is 1. The summed E-state index contributed by atoms with van der Waals surface area (Å²) in [6, 6.07) is 7.38. The van der Waals surface area contributed by atoms with Crippen molar-refractivity contribution in [3.8, 4) is 28.5 Å². The van der Waals surface area contributed by atoms with Gasteiger partial charge in [-0.3, -0.25) is 9.97 Å². The quantitative estimate of drug-likeness (QED) is 0.738. The number of methoxy groups -OCH3 is 3. The molecular weight excluding hydrogens is 320 g/mol. The van der Waals surface area contributed by atoms with Gasteiger partial charge in [0.2, 0.25) is 5.75 Å². The van der Waals surface area contributed by atoms with Crippen molar-refractivity contribution in [1.82, 2.24) is 15.0 Å². The third kappa shape index (κ3) is 3.60. The monoisotopic (exact) mass is 338 g/mol. The fourth-order valence-corrected chi connectivity index (χ4v) is 2.39. The van der Waals surface area contributed by atoms with Gasteiger partial charge >= 0.3 is 0 Å². The minimum atomic E-state index is 0.534. The number of nitrogens with zero attached hydrogens (tertiary/aromatic N) is 3. The molecule has 0 radical (unpaired) electrons. The Morgan fingerprint density at radius 2 is 1.52 bits per heavy atom. The molecule has 1 aromatic carbocycles. The fraction of sp³-hybridized carbons (Fsp3) is 0.167. The summed E-state index contributed by atoms with van der Waals surface area (Å²) in [5, 5.41) is 3.21. The van der Waals surface area contributed by atoms with Crippen molar-refractivity contribution in [3.63, 3.8) is 0 Å². The molecule has 0 spiro atoms. The van der Waals surface area contributed by atoms with E-state index in [4.69, 9.17) is 14.2 Å². The van der Waals surface area contributed by atoms with E-state index in [0.717, 1.165) is 16.9 Å². The van der Waals surface area contributed by atoms with Crippen LogP contribution in [0.25, 0.3) is 11.3 Å². The molecule has 7 heteroatoms. The first-order valence-electron chi connectivity index (χ1n) is 7.54. The van der Waals surface area contributed by atoms with Crippen LogP contribution >= 0.6 is 0 Å². The van der Waals surface area contributed by atoms with Gasteiger partial charge in [-0.1, -0.05) is 0 Å². The number of aromatic nitrogens is 3. The predicted octanol–water partition coefficient (Wildman–Crippen LogP) is 3.31. The molecule has 0 unspecified atom stereocenters. The lowest BCUT2D eigenvalue weighted by Gasteiger charge is -2.15. The second kappa shape index (κ2) is 7.48. The summed E-state index contributed by atoms with van der Waals surface area (Å²) in [5.74, 6) is 2.25. The van der Waals surface area contributed by atoms with Crippen LogP contribution in [0.5, 0.6) is 17.2 Å². The number of hydrogen-bond donors (Lipinski definition) is 1. The molecule has 0 saturated heterocycles. The summed E-state index contributed by atoms with van der Waals surface area (Å²) in [6.45, 7) is 0. The summed E-state index contributed by atoms with van der Waals surface area (Å²) in [6.07, 6.45) is 6.79. The van der Waals surface area contributed by atoms with Crippen molar-refractivity contribution in [2.45, 2.75) is 0 Å². The Labute approximate surface area is 145 Å². The van der Waals surface area contributed by atoms with Crippen LogP contribution in [-0.2, 0) is 0 Å².